The van der Waals surface area contributed by atoms with Crippen molar-refractivity contribution in [2.24, 2.45) is 5.92 Å². The van der Waals surface area contributed by atoms with E-state index in [0.29, 0.717) is 23.5 Å². The van der Waals surface area contributed by atoms with E-state index >= 15 is 0 Å². The third-order valence-corrected chi connectivity index (χ3v) is 3.54. The molecular weight excluding hydrogens is 333 g/mol. The Kier molecular flexibility index (Phi) is 5.62. The van der Waals surface area contributed by atoms with E-state index in [4.69, 9.17) is 4.74 Å². The van der Waals surface area contributed by atoms with E-state index in [1.54, 1.807) is 6.07 Å². The molecule has 21 heavy (non-hydrogen) atoms. The molecule has 0 atom stereocenters. The van der Waals surface area contributed by atoms with Gasteiger partial charge in [0.15, 0.2) is 0 Å². The number of benzene rings is 2. The van der Waals surface area contributed by atoms with Crippen LogP contribution in [0.4, 0.5) is 10.1 Å². The summed E-state index contributed by atoms with van der Waals surface area (Å²) in [6.45, 7) is 5.49. The first-order valence-electron chi connectivity index (χ1n) is 6.95. The molecule has 112 valence electrons. The highest BCUT2D eigenvalue weighted by atomic mass is 79.9. The van der Waals surface area contributed by atoms with E-state index in [-0.39, 0.29) is 5.82 Å². The molecule has 0 unspecified atom stereocenters. The smallest absolute Gasteiger partial charge is 0.137 e. The van der Waals surface area contributed by atoms with Gasteiger partial charge in [-0.25, -0.2) is 4.39 Å². The number of rotatable bonds is 6. The summed E-state index contributed by atoms with van der Waals surface area (Å²) < 4.78 is 19.6. The molecule has 2 aromatic carbocycles. The highest BCUT2D eigenvalue weighted by Crippen LogP contribution is 2.20. The van der Waals surface area contributed by atoms with E-state index in [9.17, 15) is 4.39 Å². The largest absolute Gasteiger partial charge is 0.493 e. The molecule has 1 N–H and O–H groups in total. The molecule has 0 saturated carbocycles. The summed E-state index contributed by atoms with van der Waals surface area (Å²) in [7, 11) is 0. The van der Waals surface area contributed by atoms with Crippen LogP contribution in [0.15, 0.2) is 46.9 Å². The first kappa shape index (κ1) is 15.8. The van der Waals surface area contributed by atoms with Crippen molar-refractivity contribution in [3.8, 4) is 5.75 Å². The van der Waals surface area contributed by atoms with Crippen molar-refractivity contribution in [1.82, 2.24) is 0 Å². The van der Waals surface area contributed by atoms with E-state index in [1.165, 1.54) is 6.07 Å². The number of hydrogen-bond donors (Lipinski definition) is 1. The highest BCUT2D eigenvalue weighted by Gasteiger charge is 2.02. The SMILES string of the molecule is CC(C)COc1cccc(NCc2ccc(Br)c(F)c2)c1. The number of anilines is 1. The first-order chi connectivity index (χ1) is 10.0. The molecule has 2 rings (SSSR count). The second kappa shape index (κ2) is 7.46. The van der Waals surface area contributed by atoms with Crippen LogP contribution in [0.3, 0.4) is 0 Å². The fourth-order valence-electron chi connectivity index (χ4n) is 1.81. The van der Waals surface area contributed by atoms with Crippen LogP contribution in [0.5, 0.6) is 5.75 Å². The molecule has 0 amide bonds. The number of ether oxygens (including phenoxy) is 1. The third kappa shape index (κ3) is 5.05. The van der Waals surface area contributed by atoms with Crippen LogP contribution in [0, 0.1) is 11.7 Å². The fourth-order valence-corrected chi connectivity index (χ4v) is 2.06. The van der Waals surface area contributed by atoms with Gasteiger partial charge in [0.25, 0.3) is 0 Å². The van der Waals surface area contributed by atoms with E-state index < -0.39 is 0 Å². The van der Waals surface area contributed by atoms with Gasteiger partial charge in [-0.2, -0.15) is 0 Å². The van der Waals surface area contributed by atoms with Gasteiger partial charge < -0.3 is 10.1 Å². The standard InChI is InChI=1S/C17H19BrFNO/c1-12(2)11-21-15-5-3-4-14(9-15)20-10-13-6-7-16(18)17(19)8-13/h3-9,12,20H,10-11H2,1-2H3. The summed E-state index contributed by atoms with van der Waals surface area (Å²) in [5.41, 5.74) is 1.85. The van der Waals surface area contributed by atoms with Gasteiger partial charge >= 0.3 is 0 Å². The van der Waals surface area contributed by atoms with Crippen LogP contribution < -0.4 is 10.1 Å². The average Bonchev–Trinajstić information content (AvgIpc) is 2.47. The van der Waals surface area contributed by atoms with Gasteiger partial charge in [0.2, 0.25) is 0 Å². The fraction of sp³-hybridized carbons (Fsp3) is 0.294. The molecular formula is C17H19BrFNO. The maximum atomic E-state index is 13.5. The molecule has 0 aromatic heterocycles. The van der Waals surface area contributed by atoms with Gasteiger partial charge in [-0.05, 0) is 51.7 Å². The molecule has 0 heterocycles. The Labute approximate surface area is 133 Å². The molecule has 0 radical (unpaired) electrons. The zero-order valence-corrected chi connectivity index (χ0v) is 13.8. The summed E-state index contributed by atoms with van der Waals surface area (Å²) >= 11 is 3.15. The lowest BCUT2D eigenvalue weighted by Gasteiger charge is -2.11. The van der Waals surface area contributed by atoms with Crippen LogP contribution >= 0.6 is 15.9 Å². The lowest BCUT2D eigenvalue weighted by Crippen LogP contribution is -2.05. The summed E-state index contributed by atoms with van der Waals surface area (Å²) in [6, 6.07) is 12.9. The minimum Gasteiger partial charge on any atom is -0.493 e. The second-order valence-corrected chi connectivity index (χ2v) is 6.19. The maximum absolute atomic E-state index is 13.5. The third-order valence-electron chi connectivity index (χ3n) is 2.90. The topological polar surface area (TPSA) is 21.3 Å². The minimum absolute atomic E-state index is 0.247. The molecule has 0 saturated heterocycles. The molecule has 0 aliphatic heterocycles. The van der Waals surface area contributed by atoms with Gasteiger partial charge in [0.1, 0.15) is 11.6 Å². The predicted molar refractivity (Wildman–Crippen MR) is 88.2 cm³/mol. The quantitative estimate of drug-likeness (QED) is 0.768. The number of hydrogen-bond acceptors (Lipinski definition) is 2. The molecule has 0 spiro atoms. The van der Waals surface area contributed by atoms with E-state index in [0.717, 1.165) is 17.0 Å². The Morgan fingerprint density at radius 3 is 2.71 bits per heavy atom. The predicted octanol–water partition coefficient (Wildman–Crippen LogP) is 5.24. The normalized spacial score (nSPS) is 10.7. The first-order valence-corrected chi connectivity index (χ1v) is 7.74. The van der Waals surface area contributed by atoms with Gasteiger partial charge in [-0.3, -0.25) is 0 Å². The molecule has 0 fully saturated rings. The molecule has 2 nitrogen and oxygen atoms in total. The zero-order valence-electron chi connectivity index (χ0n) is 12.2. The summed E-state index contributed by atoms with van der Waals surface area (Å²) in [5, 5.41) is 3.27. The maximum Gasteiger partial charge on any atom is 0.137 e. The Morgan fingerprint density at radius 1 is 1.19 bits per heavy atom. The van der Waals surface area contributed by atoms with Gasteiger partial charge in [0.05, 0.1) is 11.1 Å². The van der Waals surface area contributed by atoms with Crippen LogP contribution in [0.25, 0.3) is 0 Å². The van der Waals surface area contributed by atoms with E-state index in [1.807, 2.05) is 30.3 Å². The van der Waals surface area contributed by atoms with Crippen molar-refractivity contribution in [3.63, 3.8) is 0 Å². The van der Waals surface area contributed by atoms with Gasteiger partial charge in [0, 0.05) is 18.3 Å². The van der Waals surface area contributed by atoms with Gasteiger partial charge in [-0.15, -0.1) is 0 Å². The number of halogens is 2. The van der Waals surface area contributed by atoms with Crippen LogP contribution in [-0.4, -0.2) is 6.61 Å². The highest BCUT2D eigenvalue weighted by molar-refractivity contribution is 9.10. The molecule has 0 bridgehead atoms. The van der Waals surface area contributed by atoms with Crippen molar-refractivity contribution in [2.75, 3.05) is 11.9 Å². The average molecular weight is 352 g/mol. The molecule has 4 heteroatoms. The van der Waals surface area contributed by atoms with Crippen molar-refractivity contribution in [1.29, 1.82) is 0 Å². The lowest BCUT2D eigenvalue weighted by atomic mass is 10.2. The summed E-state index contributed by atoms with van der Waals surface area (Å²) in [5.74, 6) is 1.09. The molecule has 0 aliphatic rings. The lowest BCUT2D eigenvalue weighted by molar-refractivity contribution is 0.271. The van der Waals surface area contributed by atoms with E-state index in [2.05, 4.69) is 35.1 Å². The van der Waals surface area contributed by atoms with Crippen LogP contribution in [0.1, 0.15) is 19.4 Å². The summed E-state index contributed by atoms with van der Waals surface area (Å²) in [6.07, 6.45) is 0. The van der Waals surface area contributed by atoms with Crippen LogP contribution in [0.2, 0.25) is 0 Å². The van der Waals surface area contributed by atoms with Crippen molar-refractivity contribution < 1.29 is 9.13 Å². The summed E-state index contributed by atoms with van der Waals surface area (Å²) in [4.78, 5) is 0. The Balaban J connectivity index is 1.96. The van der Waals surface area contributed by atoms with Crippen molar-refractivity contribution in [3.05, 3.63) is 58.3 Å². The molecule has 0 aliphatic carbocycles. The molecule has 2 aromatic rings. The van der Waals surface area contributed by atoms with Crippen molar-refractivity contribution in [2.45, 2.75) is 20.4 Å². The minimum atomic E-state index is -0.247. The Morgan fingerprint density at radius 2 is 2.00 bits per heavy atom. The number of nitrogens with one attached hydrogen (secondary N) is 1. The second-order valence-electron chi connectivity index (χ2n) is 5.33. The zero-order chi connectivity index (χ0) is 15.2. The Bertz CT molecular complexity index is 601. The van der Waals surface area contributed by atoms with Crippen LogP contribution in [-0.2, 0) is 6.54 Å². The Hall–Kier alpha value is -1.55. The van der Waals surface area contributed by atoms with Crippen molar-refractivity contribution >= 4 is 21.6 Å². The monoisotopic (exact) mass is 351 g/mol. The van der Waals surface area contributed by atoms with Gasteiger partial charge in [-0.1, -0.05) is 26.0 Å².